The minimum absolute atomic E-state index is 0.257. The first-order valence-corrected chi connectivity index (χ1v) is 9.27. The van der Waals surface area contributed by atoms with Gasteiger partial charge < -0.3 is 4.74 Å². The van der Waals surface area contributed by atoms with Crippen LogP contribution < -0.4 is 0 Å². The maximum Gasteiger partial charge on any atom is 0.337 e. The van der Waals surface area contributed by atoms with Gasteiger partial charge in [0, 0.05) is 12.0 Å². The number of Topliss-reactive ketones (excluding diaryl/α,β-unsaturated/α-hetero) is 1. The van der Waals surface area contributed by atoms with Crippen LogP contribution in [0.25, 0.3) is 0 Å². The van der Waals surface area contributed by atoms with Gasteiger partial charge in [0.2, 0.25) is 0 Å². The molecule has 0 saturated carbocycles. The Bertz CT molecular complexity index is 694. The number of methoxy groups -OCH3 is 1. The number of rotatable bonds is 11. The lowest BCUT2D eigenvalue weighted by atomic mass is 9.89. The van der Waals surface area contributed by atoms with Crippen molar-refractivity contribution in [1.29, 1.82) is 0 Å². The summed E-state index contributed by atoms with van der Waals surface area (Å²) >= 11 is 0. The van der Waals surface area contributed by atoms with E-state index in [0.29, 0.717) is 42.4 Å². The van der Waals surface area contributed by atoms with Gasteiger partial charge in [-0.2, -0.15) is 0 Å². The number of carbonyl (C=O) groups excluding carboxylic acids is 2. The normalized spacial score (nSPS) is 12.7. The van der Waals surface area contributed by atoms with Gasteiger partial charge in [-0.05, 0) is 37.0 Å². The average Bonchev–Trinajstić information content (AvgIpc) is 2.68. The van der Waals surface area contributed by atoms with Crippen molar-refractivity contribution < 1.29 is 31.9 Å². The van der Waals surface area contributed by atoms with Crippen LogP contribution in [-0.2, 0) is 4.74 Å². The third-order valence-electron chi connectivity index (χ3n) is 4.40. The van der Waals surface area contributed by atoms with Crippen molar-refractivity contribution in [2.24, 2.45) is 0 Å². The number of alkyl halides is 4. The highest BCUT2D eigenvalue weighted by molar-refractivity contribution is 6.09. The van der Waals surface area contributed by atoms with Crippen LogP contribution in [0.2, 0.25) is 0 Å². The van der Waals surface area contributed by atoms with Crippen molar-refractivity contribution in [2.45, 2.75) is 64.7 Å². The van der Waals surface area contributed by atoms with Crippen molar-refractivity contribution in [3.8, 4) is 0 Å². The molecule has 0 bridgehead atoms. The van der Waals surface area contributed by atoms with Crippen LogP contribution in [-0.4, -0.2) is 31.2 Å². The first kappa shape index (κ1) is 23.9. The van der Waals surface area contributed by atoms with E-state index in [2.05, 4.69) is 4.74 Å². The maximum atomic E-state index is 13.4. The lowest BCUT2D eigenvalue weighted by Gasteiger charge is -2.19. The number of benzene rings is 1. The van der Waals surface area contributed by atoms with Crippen LogP contribution in [0.4, 0.5) is 17.6 Å². The summed E-state index contributed by atoms with van der Waals surface area (Å²) in [4.78, 5) is 24.5. The van der Waals surface area contributed by atoms with Gasteiger partial charge in [-0.1, -0.05) is 44.4 Å². The molecule has 0 unspecified atom stereocenters. The Morgan fingerprint density at radius 3 is 1.96 bits per heavy atom. The SMILES string of the molecule is CCC/C(CCC(F)(F)C(F)F)=C(\CCC)C(=O)c1ccc(C(=O)OC)cc1. The van der Waals surface area contributed by atoms with Gasteiger partial charge in [0.1, 0.15) is 0 Å². The largest absolute Gasteiger partial charge is 0.465 e. The maximum absolute atomic E-state index is 13.4. The Labute approximate surface area is 162 Å². The van der Waals surface area contributed by atoms with Crippen molar-refractivity contribution in [3.63, 3.8) is 0 Å². The Morgan fingerprint density at radius 1 is 0.964 bits per heavy atom. The fourth-order valence-corrected chi connectivity index (χ4v) is 2.91. The predicted molar refractivity (Wildman–Crippen MR) is 99.1 cm³/mol. The minimum Gasteiger partial charge on any atom is -0.465 e. The first-order valence-electron chi connectivity index (χ1n) is 9.27. The number of carbonyl (C=O) groups is 2. The molecule has 0 aliphatic rings. The lowest BCUT2D eigenvalue weighted by Crippen LogP contribution is -2.26. The van der Waals surface area contributed by atoms with Gasteiger partial charge in [-0.3, -0.25) is 4.79 Å². The number of allylic oxidation sites excluding steroid dienone is 2. The molecule has 1 rings (SSSR count). The van der Waals surface area contributed by atoms with Crippen molar-refractivity contribution in [1.82, 2.24) is 0 Å². The van der Waals surface area contributed by atoms with E-state index in [1.54, 1.807) is 0 Å². The third kappa shape index (κ3) is 6.46. The van der Waals surface area contributed by atoms with E-state index in [0.717, 1.165) is 0 Å². The number of esters is 1. The van der Waals surface area contributed by atoms with Gasteiger partial charge >= 0.3 is 18.3 Å². The monoisotopic (exact) mass is 402 g/mol. The highest BCUT2D eigenvalue weighted by Crippen LogP contribution is 2.33. The molecule has 0 aliphatic carbocycles. The van der Waals surface area contributed by atoms with Gasteiger partial charge in [0.25, 0.3) is 0 Å². The van der Waals surface area contributed by atoms with Gasteiger partial charge in [0.15, 0.2) is 5.78 Å². The molecule has 7 heteroatoms. The zero-order valence-corrected chi connectivity index (χ0v) is 16.4. The molecule has 0 fully saturated rings. The zero-order chi connectivity index (χ0) is 21.3. The average molecular weight is 402 g/mol. The minimum atomic E-state index is -4.08. The molecule has 0 amide bonds. The molecule has 28 heavy (non-hydrogen) atoms. The smallest absolute Gasteiger partial charge is 0.337 e. The summed E-state index contributed by atoms with van der Waals surface area (Å²) in [5.41, 5.74) is 1.47. The Kier molecular flexibility index (Phi) is 9.35. The summed E-state index contributed by atoms with van der Waals surface area (Å²) in [7, 11) is 1.25. The number of hydrogen-bond donors (Lipinski definition) is 0. The van der Waals surface area contributed by atoms with Gasteiger partial charge in [-0.15, -0.1) is 0 Å². The molecular formula is C21H26F4O3. The van der Waals surface area contributed by atoms with E-state index in [1.165, 1.54) is 31.4 Å². The molecule has 0 heterocycles. The van der Waals surface area contributed by atoms with Crippen LogP contribution in [0.5, 0.6) is 0 Å². The zero-order valence-electron chi connectivity index (χ0n) is 16.4. The number of hydrogen-bond acceptors (Lipinski definition) is 3. The van der Waals surface area contributed by atoms with Gasteiger partial charge in [0.05, 0.1) is 12.7 Å². The third-order valence-corrected chi connectivity index (χ3v) is 4.40. The summed E-state index contributed by atoms with van der Waals surface area (Å²) < 4.78 is 56.3. The topological polar surface area (TPSA) is 43.4 Å². The van der Waals surface area contributed by atoms with Crippen LogP contribution >= 0.6 is 0 Å². The van der Waals surface area contributed by atoms with Crippen LogP contribution in [0, 0.1) is 0 Å². The number of ketones is 1. The second-order valence-corrected chi connectivity index (χ2v) is 6.54. The summed E-state index contributed by atoms with van der Waals surface area (Å²) in [5, 5.41) is 0. The van der Waals surface area contributed by atoms with E-state index in [4.69, 9.17) is 0 Å². The summed E-state index contributed by atoms with van der Waals surface area (Å²) in [6, 6.07) is 5.85. The highest BCUT2D eigenvalue weighted by Gasteiger charge is 2.40. The van der Waals surface area contributed by atoms with Crippen LogP contribution in [0.3, 0.4) is 0 Å². The number of halogens is 4. The van der Waals surface area contributed by atoms with Crippen molar-refractivity contribution >= 4 is 11.8 Å². The second-order valence-electron chi connectivity index (χ2n) is 6.54. The van der Waals surface area contributed by atoms with Crippen molar-refractivity contribution in [3.05, 3.63) is 46.5 Å². The lowest BCUT2D eigenvalue weighted by molar-refractivity contribution is -0.132. The Hall–Kier alpha value is -2.18. The molecule has 156 valence electrons. The number of ether oxygens (including phenoxy) is 1. The summed E-state index contributed by atoms with van der Waals surface area (Å²) in [5.74, 6) is -4.95. The fourth-order valence-electron chi connectivity index (χ4n) is 2.91. The first-order chi connectivity index (χ1) is 13.2. The Morgan fingerprint density at radius 2 is 1.50 bits per heavy atom. The van der Waals surface area contributed by atoms with Crippen LogP contribution in [0.1, 0.15) is 73.1 Å². The summed E-state index contributed by atoms with van der Waals surface area (Å²) in [6.45, 7) is 3.69. The molecule has 0 atom stereocenters. The van der Waals surface area contributed by atoms with E-state index in [1.807, 2.05) is 13.8 Å². The van der Waals surface area contributed by atoms with Crippen LogP contribution in [0.15, 0.2) is 35.4 Å². The standard InChI is InChI=1S/C21H26F4O3/c1-4-6-14(12-13-21(24,25)20(22)23)17(7-5-2)18(26)15-8-10-16(11-9-15)19(27)28-3/h8-11,20H,4-7,12-13H2,1-3H3/b17-14-. The van der Waals surface area contributed by atoms with Crippen molar-refractivity contribution in [2.75, 3.05) is 7.11 Å². The molecular weight excluding hydrogens is 376 g/mol. The fraction of sp³-hybridized carbons (Fsp3) is 0.524. The quantitative estimate of drug-likeness (QED) is 0.191. The molecule has 0 radical (unpaired) electrons. The molecule has 0 aliphatic heterocycles. The molecule has 0 N–H and O–H groups in total. The second kappa shape index (κ2) is 11.0. The van der Waals surface area contributed by atoms with Gasteiger partial charge in [-0.25, -0.2) is 22.4 Å². The van der Waals surface area contributed by atoms with E-state index < -0.39 is 24.7 Å². The summed E-state index contributed by atoms with van der Waals surface area (Å²) in [6.07, 6.45) is -3.01. The Balaban J connectivity index is 3.19. The van der Waals surface area contributed by atoms with E-state index in [9.17, 15) is 27.2 Å². The molecule has 0 spiro atoms. The van der Waals surface area contributed by atoms with E-state index in [-0.39, 0.29) is 17.8 Å². The predicted octanol–water partition coefficient (Wildman–Crippen LogP) is 6.23. The molecule has 1 aromatic rings. The van der Waals surface area contributed by atoms with E-state index >= 15 is 0 Å². The molecule has 3 nitrogen and oxygen atoms in total. The molecule has 1 aromatic carbocycles. The highest BCUT2D eigenvalue weighted by atomic mass is 19.3. The molecule has 0 saturated heterocycles. The molecule has 0 aromatic heterocycles.